The van der Waals surface area contributed by atoms with Gasteiger partial charge in [0.1, 0.15) is 0 Å². The van der Waals surface area contributed by atoms with Crippen LogP contribution in [0.25, 0.3) is 9.81 Å². The molecule has 0 fully saturated rings. The van der Waals surface area contributed by atoms with Crippen LogP contribution in [-0.4, -0.2) is 0 Å². The fraction of sp³-hybridized carbons (Fsp3) is 0.400. The smallest absolute Gasteiger partial charge is 0.0535 e. The molecule has 0 saturated heterocycles. The van der Waals surface area contributed by atoms with E-state index in [2.05, 4.69) is 49.1 Å². The van der Waals surface area contributed by atoms with Crippen LogP contribution < -0.4 is 21.5 Å². The number of unbranched alkanes of at least 4 members (excludes halogenated alkanes) is 2. The van der Waals surface area contributed by atoms with E-state index in [-0.39, 0.29) is 31.9 Å². The van der Waals surface area contributed by atoms with Crippen LogP contribution >= 0.6 is 34.3 Å². The molecule has 0 amide bonds. The largest absolute Gasteiger partial charge is 1.00 e. The first-order valence-electron chi connectivity index (χ1n) is 8.49. The molecule has 0 unspecified atom stereocenters. The summed E-state index contributed by atoms with van der Waals surface area (Å²) in [6.07, 6.45) is 16.2. The summed E-state index contributed by atoms with van der Waals surface area (Å²) in [5.41, 5.74) is 3.24. The standard InChI is InChI=1S/C20H23S3.ClH.Zn/c1-3-5-9-15-16(10-6-4-2)20(18-12-8-14-22-18)23-19(15)17-11-7-13-21-17;;/h7-8,11-13H,3-6,9-10H2,1-2H3;1H;/p-1. The minimum atomic E-state index is 0. The molecule has 131 valence electrons. The Labute approximate surface area is 182 Å². The Bertz CT molecular complexity index is 822. The van der Waals surface area contributed by atoms with E-state index in [1.807, 2.05) is 23.1 Å². The van der Waals surface area contributed by atoms with Gasteiger partial charge in [0, 0.05) is 39.2 Å². The van der Waals surface area contributed by atoms with Crippen molar-refractivity contribution in [1.29, 1.82) is 0 Å². The van der Waals surface area contributed by atoms with Crippen molar-refractivity contribution in [3.8, 4) is 5.18 Å². The Morgan fingerprint density at radius 3 is 2.04 bits per heavy atom. The Kier molecular flexibility index (Phi) is 11.0. The quantitative estimate of drug-likeness (QED) is 0.588. The van der Waals surface area contributed by atoms with Gasteiger partial charge in [-0.25, -0.2) is 0 Å². The van der Waals surface area contributed by atoms with Crippen LogP contribution in [0.2, 0.25) is 0 Å². The molecule has 25 heavy (non-hydrogen) atoms. The summed E-state index contributed by atoms with van der Waals surface area (Å²) in [6, 6.07) is 0. The van der Waals surface area contributed by atoms with Crippen LogP contribution in [0.15, 0.2) is 24.3 Å². The number of hydrogen-bond donors (Lipinski definition) is 0. The fourth-order valence-electron chi connectivity index (χ4n) is 2.90. The van der Waals surface area contributed by atoms with E-state index in [1.54, 1.807) is 22.3 Å². The molecule has 2 aliphatic rings. The maximum Gasteiger partial charge on any atom is 0.0535 e. The van der Waals surface area contributed by atoms with Crippen molar-refractivity contribution in [3.63, 3.8) is 0 Å². The number of thiophene rings is 1. The second-order valence-electron chi connectivity index (χ2n) is 5.82. The van der Waals surface area contributed by atoms with E-state index in [9.17, 15) is 0 Å². The minimum Gasteiger partial charge on any atom is -1.00 e. The first-order valence-corrected chi connectivity index (χ1v) is 11.0. The van der Waals surface area contributed by atoms with E-state index >= 15 is 0 Å². The molecule has 0 N–H and O–H groups in total. The van der Waals surface area contributed by atoms with Crippen LogP contribution in [-0.2, 0) is 32.3 Å². The Balaban J connectivity index is 0.00000156. The third-order valence-corrected chi connectivity index (χ3v) is 7.42. The molecule has 0 aromatic carbocycles. The SMILES string of the molecule is CCCCc1c(CCCC)c(=C2C=CC#S2)sc1=C1C=C[CH]S1.[Cl-].[Zn]. The van der Waals surface area contributed by atoms with Crippen LogP contribution in [0.3, 0.4) is 0 Å². The van der Waals surface area contributed by atoms with Crippen molar-refractivity contribution in [2.75, 3.05) is 0 Å². The molecule has 5 heteroatoms. The van der Waals surface area contributed by atoms with Crippen molar-refractivity contribution >= 4 is 44.1 Å². The van der Waals surface area contributed by atoms with Crippen LogP contribution in [0, 0.1) is 10.9 Å². The summed E-state index contributed by atoms with van der Waals surface area (Å²) in [5.74, 6) is 2.20. The van der Waals surface area contributed by atoms with Crippen molar-refractivity contribution in [2.24, 2.45) is 0 Å². The molecule has 1 aromatic heterocycles. The Morgan fingerprint density at radius 2 is 1.56 bits per heavy atom. The van der Waals surface area contributed by atoms with Gasteiger partial charge in [-0.2, -0.15) is 0 Å². The fourth-order valence-corrected chi connectivity index (χ4v) is 5.97. The molecular weight excluding hydrogens is 437 g/mol. The second kappa shape index (κ2) is 11.8. The zero-order valence-electron chi connectivity index (χ0n) is 14.9. The molecular formula is C20H23ClS3Zn-. The summed E-state index contributed by atoms with van der Waals surface area (Å²) in [6.45, 7) is 4.58. The maximum atomic E-state index is 3.27. The third-order valence-electron chi connectivity index (χ3n) is 4.12. The zero-order valence-corrected chi connectivity index (χ0v) is 21.1. The average Bonchev–Trinajstić information content (AvgIpc) is 3.30. The normalized spacial score (nSPS) is 19.0. The summed E-state index contributed by atoms with van der Waals surface area (Å²) < 4.78 is 3.02. The molecule has 0 aliphatic carbocycles. The topological polar surface area (TPSA) is 0 Å². The molecule has 0 bridgehead atoms. The van der Waals surface area contributed by atoms with E-state index in [4.69, 9.17) is 0 Å². The molecule has 1 aromatic rings. The molecule has 0 spiro atoms. The van der Waals surface area contributed by atoms with Gasteiger partial charge in [-0.15, -0.1) is 23.1 Å². The van der Waals surface area contributed by atoms with E-state index in [1.165, 1.54) is 57.4 Å². The number of hydrogen-bond acceptors (Lipinski definition) is 2. The second-order valence-corrected chi connectivity index (χ2v) is 8.67. The van der Waals surface area contributed by atoms with Gasteiger partial charge in [-0.1, -0.05) is 49.1 Å². The van der Waals surface area contributed by atoms with Crippen molar-refractivity contribution < 1.29 is 31.9 Å². The first-order chi connectivity index (χ1) is 11.3. The molecule has 1 radical (unpaired) electrons. The summed E-state index contributed by atoms with van der Waals surface area (Å²) in [7, 11) is 0. The molecule has 3 heterocycles. The molecule has 0 nitrogen and oxygen atoms in total. The van der Waals surface area contributed by atoms with Gasteiger partial charge in [0.2, 0.25) is 0 Å². The number of allylic oxidation sites excluding steroid dienone is 1. The monoisotopic (exact) mass is 458 g/mol. The minimum absolute atomic E-state index is 0. The predicted molar refractivity (Wildman–Crippen MR) is 109 cm³/mol. The Hall–Kier alpha value is 0.183. The van der Waals surface area contributed by atoms with Crippen LogP contribution in [0.5, 0.6) is 0 Å². The van der Waals surface area contributed by atoms with Gasteiger partial charge < -0.3 is 12.4 Å². The molecule has 0 atom stereocenters. The van der Waals surface area contributed by atoms with Gasteiger partial charge in [0.15, 0.2) is 0 Å². The molecule has 0 saturated carbocycles. The molecule has 2 aliphatic heterocycles. The van der Waals surface area contributed by atoms with E-state index in [0.717, 1.165) is 0 Å². The molecule has 3 rings (SSSR count). The van der Waals surface area contributed by atoms with E-state index in [0.29, 0.717) is 0 Å². The Morgan fingerprint density at radius 1 is 0.920 bits per heavy atom. The van der Waals surface area contributed by atoms with Gasteiger partial charge in [0.05, 0.1) is 4.91 Å². The van der Waals surface area contributed by atoms with Crippen LogP contribution in [0.4, 0.5) is 0 Å². The third kappa shape index (κ3) is 5.58. The van der Waals surface area contributed by atoms with Gasteiger partial charge >= 0.3 is 0 Å². The van der Waals surface area contributed by atoms with Gasteiger partial charge in [-0.3, -0.25) is 0 Å². The summed E-state index contributed by atoms with van der Waals surface area (Å²) in [4.78, 5) is 2.83. The number of halogens is 1. The maximum absolute atomic E-state index is 3.27. The summed E-state index contributed by atoms with van der Waals surface area (Å²) >= 11 is 5.63. The summed E-state index contributed by atoms with van der Waals surface area (Å²) in [5, 5.41) is 3.27. The van der Waals surface area contributed by atoms with Gasteiger partial charge in [0.25, 0.3) is 0 Å². The van der Waals surface area contributed by atoms with Gasteiger partial charge in [-0.05, 0) is 55.0 Å². The first kappa shape index (κ1) is 23.2. The van der Waals surface area contributed by atoms with Crippen LogP contribution in [0.1, 0.15) is 50.7 Å². The number of rotatable bonds is 6. The van der Waals surface area contributed by atoms with E-state index < -0.39 is 0 Å². The predicted octanol–water partition coefficient (Wildman–Crippen LogP) is 2.38. The number of thioether (sulfide) groups is 1. The van der Waals surface area contributed by atoms with Crippen molar-refractivity contribution in [1.82, 2.24) is 0 Å². The average molecular weight is 460 g/mol. The van der Waals surface area contributed by atoms with Crippen molar-refractivity contribution in [3.05, 3.63) is 50.2 Å². The van der Waals surface area contributed by atoms with Crippen molar-refractivity contribution in [2.45, 2.75) is 52.4 Å². The zero-order chi connectivity index (χ0) is 16.1.